The summed E-state index contributed by atoms with van der Waals surface area (Å²) in [5.74, 6) is -3.54. The summed E-state index contributed by atoms with van der Waals surface area (Å²) < 4.78 is 47.7. The van der Waals surface area contributed by atoms with Gasteiger partial charge in [0.2, 0.25) is 0 Å². The zero-order chi connectivity index (χ0) is 22.4. The Kier molecular flexibility index (Phi) is 5.58. The van der Waals surface area contributed by atoms with Crippen molar-refractivity contribution in [2.45, 2.75) is 58.7 Å². The van der Waals surface area contributed by atoms with Crippen LogP contribution in [0.3, 0.4) is 0 Å². The summed E-state index contributed by atoms with van der Waals surface area (Å²) in [5.41, 5.74) is -1.03. The van der Waals surface area contributed by atoms with E-state index in [4.69, 9.17) is 4.74 Å². The van der Waals surface area contributed by atoms with E-state index in [1.165, 1.54) is 6.07 Å². The van der Waals surface area contributed by atoms with Crippen LogP contribution >= 0.6 is 0 Å². The number of rotatable bonds is 4. The van der Waals surface area contributed by atoms with Crippen molar-refractivity contribution >= 4 is 11.4 Å². The second-order valence-electron chi connectivity index (χ2n) is 8.22. The molecule has 0 amide bonds. The van der Waals surface area contributed by atoms with Crippen molar-refractivity contribution < 1.29 is 27.8 Å². The van der Waals surface area contributed by atoms with Crippen LogP contribution in [0.2, 0.25) is 0 Å². The second-order valence-corrected chi connectivity index (χ2v) is 8.22. The molecule has 2 aromatic carbocycles. The number of Topliss-reactive ketones (excluding diaryl/α,β-unsaturated/α-hetero) is 1. The van der Waals surface area contributed by atoms with Gasteiger partial charge in [-0.1, -0.05) is 32.0 Å². The summed E-state index contributed by atoms with van der Waals surface area (Å²) in [5, 5.41) is 10.8. The van der Waals surface area contributed by atoms with E-state index >= 15 is 0 Å². The number of ether oxygens (including phenoxy) is 1. The van der Waals surface area contributed by atoms with Gasteiger partial charge in [0.05, 0.1) is 11.1 Å². The standard InChI is InChI=1S/C24H25F3O3/c1-6-13-10-14(19-17(26)11-15(25)12-18(19)27)8-9-16(13)20-21(28)23(3,4)30-24(5,7-2)22(20)29/h8-12,28H,6-7H2,1-5H3. The van der Waals surface area contributed by atoms with Gasteiger partial charge >= 0.3 is 0 Å². The zero-order valence-electron chi connectivity index (χ0n) is 17.7. The van der Waals surface area contributed by atoms with Crippen LogP contribution in [0.4, 0.5) is 13.2 Å². The summed E-state index contributed by atoms with van der Waals surface area (Å²) in [7, 11) is 0. The van der Waals surface area contributed by atoms with E-state index in [0.717, 1.165) is 0 Å². The largest absolute Gasteiger partial charge is 0.508 e. The number of carbonyl (C=O) groups excluding carboxylic acids is 1. The highest BCUT2D eigenvalue weighted by Gasteiger charge is 2.48. The molecule has 0 radical (unpaired) electrons. The molecule has 0 fully saturated rings. The van der Waals surface area contributed by atoms with Crippen LogP contribution in [0.25, 0.3) is 16.7 Å². The molecular weight excluding hydrogens is 393 g/mol. The van der Waals surface area contributed by atoms with Gasteiger partial charge in [-0.2, -0.15) is 0 Å². The summed E-state index contributed by atoms with van der Waals surface area (Å²) >= 11 is 0. The van der Waals surface area contributed by atoms with E-state index in [1.807, 2.05) is 13.8 Å². The lowest BCUT2D eigenvalue weighted by atomic mass is 9.79. The average Bonchev–Trinajstić information content (AvgIpc) is 2.66. The lowest BCUT2D eigenvalue weighted by Crippen LogP contribution is -2.51. The van der Waals surface area contributed by atoms with Crippen molar-refractivity contribution in [2.24, 2.45) is 0 Å². The van der Waals surface area contributed by atoms with Crippen LogP contribution < -0.4 is 0 Å². The lowest BCUT2D eigenvalue weighted by Gasteiger charge is -2.42. The van der Waals surface area contributed by atoms with E-state index < -0.39 is 28.7 Å². The molecule has 0 saturated heterocycles. The topological polar surface area (TPSA) is 46.5 Å². The predicted molar refractivity (Wildman–Crippen MR) is 110 cm³/mol. The van der Waals surface area contributed by atoms with Crippen molar-refractivity contribution in [3.8, 4) is 11.1 Å². The Hall–Kier alpha value is -2.60. The normalized spacial score (nSPS) is 21.3. The van der Waals surface area contributed by atoms with Gasteiger partial charge in [-0.3, -0.25) is 4.79 Å². The predicted octanol–water partition coefficient (Wildman–Crippen LogP) is 6.15. The van der Waals surface area contributed by atoms with E-state index in [0.29, 0.717) is 36.1 Å². The molecule has 3 rings (SSSR count). The highest BCUT2D eigenvalue weighted by atomic mass is 19.1. The Balaban J connectivity index is 2.22. The van der Waals surface area contributed by atoms with Crippen molar-refractivity contribution in [3.05, 3.63) is 64.7 Å². The van der Waals surface area contributed by atoms with Crippen LogP contribution in [-0.2, 0) is 16.0 Å². The Labute approximate surface area is 174 Å². The molecule has 1 aliphatic heterocycles. The fourth-order valence-electron chi connectivity index (χ4n) is 3.92. The molecule has 6 heteroatoms. The van der Waals surface area contributed by atoms with E-state index in [2.05, 4.69) is 0 Å². The van der Waals surface area contributed by atoms with Gasteiger partial charge in [-0.15, -0.1) is 0 Å². The summed E-state index contributed by atoms with van der Waals surface area (Å²) in [6.07, 6.45) is 0.860. The number of aliphatic hydroxyl groups is 1. The molecule has 30 heavy (non-hydrogen) atoms. The first kappa shape index (κ1) is 22.1. The maximum atomic E-state index is 14.3. The first-order chi connectivity index (χ1) is 13.9. The highest BCUT2D eigenvalue weighted by Crippen LogP contribution is 2.43. The van der Waals surface area contributed by atoms with Crippen molar-refractivity contribution in [3.63, 3.8) is 0 Å². The molecule has 1 heterocycles. The van der Waals surface area contributed by atoms with Crippen LogP contribution in [0.15, 0.2) is 36.1 Å². The number of carbonyl (C=O) groups is 1. The fraction of sp³-hybridized carbons (Fsp3) is 0.375. The molecular formula is C24H25F3O3. The van der Waals surface area contributed by atoms with Gasteiger partial charge in [-0.25, -0.2) is 13.2 Å². The Bertz CT molecular complexity index is 1030. The fourth-order valence-corrected chi connectivity index (χ4v) is 3.92. The number of aryl methyl sites for hydroxylation is 1. The van der Waals surface area contributed by atoms with Gasteiger partial charge in [0.1, 0.15) is 34.4 Å². The molecule has 0 saturated carbocycles. The third-order valence-corrected chi connectivity index (χ3v) is 5.72. The number of hydrogen-bond acceptors (Lipinski definition) is 3. The highest BCUT2D eigenvalue weighted by molar-refractivity contribution is 6.26. The maximum absolute atomic E-state index is 14.3. The second kappa shape index (κ2) is 7.58. The lowest BCUT2D eigenvalue weighted by molar-refractivity contribution is -0.163. The molecule has 0 aromatic heterocycles. The Morgan fingerprint density at radius 2 is 1.60 bits per heavy atom. The van der Waals surface area contributed by atoms with E-state index in [9.17, 15) is 23.1 Å². The van der Waals surface area contributed by atoms with Crippen LogP contribution in [0.5, 0.6) is 0 Å². The summed E-state index contributed by atoms with van der Waals surface area (Å²) in [4.78, 5) is 13.2. The maximum Gasteiger partial charge on any atom is 0.198 e. The minimum Gasteiger partial charge on any atom is -0.508 e. The summed E-state index contributed by atoms with van der Waals surface area (Å²) in [6.45, 7) is 8.73. The zero-order valence-corrected chi connectivity index (χ0v) is 17.7. The van der Waals surface area contributed by atoms with Crippen LogP contribution in [-0.4, -0.2) is 22.1 Å². The molecule has 160 valence electrons. The van der Waals surface area contributed by atoms with Gasteiger partial charge in [0, 0.05) is 12.1 Å². The Morgan fingerprint density at radius 1 is 1.00 bits per heavy atom. The van der Waals surface area contributed by atoms with E-state index in [-0.39, 0.29) is 28.2 Å². The van der Waals surface area contributed by atoms with E-state index in [1.54, 1.807) is 32.9 Å². The third kappa shape index (κ3) is 3.54. The minimum absolute atomic E-state index is 0.152. The molecule has 0 aliphatic carbocycles. The van der Waals surface area contributed by atoms with Gasteiger partial charge in [0.25, 0.3) is 0 Å². The quantitative estimate of drug-likeness (QED) is 0.648. The molecule has 2 aromatic rings. The molecule has 0 spiro atoms. The first-order valence-corrected chi connectivity index (χ1v) is 9.92. The number of benzene rings is 2. The van der Waals surface area contributed by atoms with Crippen LogP contribution in [0, 0.1) is 17.5 Å². The monoisotopic (exact) mass is 418 g/mol. The average molecular weight is 418 g/mol. The third-order valence-electron chi connectivity index (χ3n) is 5.72. The molecule has 1 N–H and O–H groups in total. The molecule has 1 aliphatic rings. The first-order valence-electron chi connectivity index (χ1n) is 9.92. The van der Waals surface area contributed by atoms with Crippen molar-refractivity contribution in [1.29, 1.82) is 0 Å². The van der Waals surface area contributed by atoms with Gasteiger partial charge in [-0.05, 0) is 50.3 Å². The SMILES string of the molecule is CCc1cc(-c2c(F)cc(F)cc2F)ccc1C1=C(O)C(C)(C)OC(C)(CC)C1=O. The number of ketones is 1. The number of hydrogen-bond donors (Lipinski definition) is 1. The van der Waals surface area contributed by atoms with Crippen molar-refractivity contribution in [1.82, 2.24) is 0 Å². The van der Waals surface area contributed by atoms with Crippen molar-refractivity contribution in [2.75, 3.05) is 0 Å². The minimum atomic E-state index is -1.11. The number of halogens is 3. The molecule has 1 atom stereocenters. The van der Waals surface area contributed by atoms with Crippen LogP contribution in [0.1, 0.15) is 52.2 Å². The smallest absolute Gasteiger partial charge is 0.198 e. The summed E-state index contributed by atoms with van der Waals surface area (Å²) in [6, 6.07) is 5.85. The van der Waals surface area contributed by atoms with Gasteiger partial charge in [0.15, 0.2) is 5.78 Å². The molecule has 3 nitrogen and oxygen atoms in total. The van der Waals surface area contributed by atoms with Gasteiger partial charge < -0.3 is 9.84 Å². The molecule has 0 bridgehead atoms. The Morgan fingerprint density at radius 3 is 2.13 bits per heavy atom. The molecule has 1 unspecified atom stereocenters. The number of aliphatic hydroxyl groups excluding tert-OH is 1.